The van der Waals surface area contributed by atoms with Gasteiger partial charge in [0.05, 0.1) is 4.92 Å². The Balaban J connectivity index is 1.45. The number of nitro benzene ring substituents is 1. The minimum atomic E-state index is -0.305. The second-order valence-electron chi connectivity index (χ2n) is 7.70. The zero-order valence-corrected chi connectivity index (χ0v) is 17.3. The molecule has 0 radical (unpaired) electrons. The molecule has 0 atom stereocenters. The van der Waals surface area contributed by atoms with Gasteiger partial charge in [0.15, 0.2) is 0 Å². The van der Waals surface area contributed by atoms with Gasteiger partial charge in [0.1, 0.15) is 0 Å². The molecule has 6 heteroatoms. The summed E-state index contributed by atoms with van der Waals surface area (Å²) in [5.41, 5.74) is 3.75. The van der Waals surface area contributed by atoms with Crippen molar-refractivity contribution in [3.8, 4) is 0 Å². The van der Waals surface area contributed by atoms with Gasteiger partial charge in [-0.15, -0.1) is 0 Å². The molecule has 1 aliphatic rings. The molecule has 0 unspecified atom stereocenters. The van der Waals surface area contributed by atoms with E-state index in [1.807, 2.05) is 77.7 Å². The molecule has 0 aliphatic carbocycles. The lowest BCUT2D eigenvalue weighted by Gasteiger charge is -2.36. The molecule has 31 heavy (non-hydrogen) atoms. The van der Waals surface area contributed by atoms with Crippen LogP contribution in [0.25, 0.3) is 0 Å². The predicted octanol–water partition coefficient (Wildman–Crippen LogP) is 4.34. The largest absolute Gasteiger partial charge is 0.368 e. The average Bonchev–Trinajstić information content (AvgIpc) is 2.83. The first-order chi connectivity index (χ1) is 15.1. The van der Waals surface area contributed by atoms with E-state index in [2.05, 4.69) is 4.90 Å². The Morgan fingerprint density at radius 1 is 0.839 bits per heavy atom. The monoisotopic (exact) mass is 415 g/mol. The highest BCUT2D eigenvalue weighted by atomic mass is 16.6. The zero-order valence-electron chi connectivity index (χ0n) is 17.3. The molecule has 0 saturated carbocycles. The number of nitrogens with zero attached hydrogens (tertiary/aromatic N) is 3. The molecule has 3 aromatic carbocycles. The highest BCUT2D eigenvalue weighted by molar-refractivity contribution is 5.94. The maximum Gasteiger partial charge on any atom is 0.272 e. The van der Waals surface area contributed by atoms with Crippen LogP contribution >= 0.6 is 0 Å². The normalized spacial score (nSPS) is 13.8. The van der Waals surface area contributed by atoms with E-state index in [0.717, 1.165) is 23.2 Å². The summed E-state index contributed by atoms with van der Waals surface area (Å²) in [5, 5.41) is 11.5. The number of piperazine rings is 1. The van der Waals surface area contributed by atoms with Gasteiger partial charge in [-0.25, -0.2) is 0 Å². The summed E-state index contributed by atoms with van der Waals surface area (Å²) in [4.78, 5) is 28.0. The topological polar surface area (TPSA) is 66.7 Å². The maximum absolute atomic E-state index is 12.7. The predicted molar refractivity (Wildman–Crippen MR) is 122 cm³/mol. The lowest BCUT2D eigenvalue weighted by Crippen LogP contribution is -2.48. The lowest BCUT2D eigenvalue weighted by atomic mass is 10.0. The maximum atomic E-state index is 12.7. The van der Waals surface area contributed by atoms with Crippen LogP contribution in [0, 0.1) is 10.1 Å². The smallest absolute Gasteiger partial charge is 0.272 e. The molecule has 1 aliphatic heterocycles. The molecular formula is C25H25N3O3. The van der Waals surface area contributed by atoms with E-state index in [1.165, 1.54) is 0 Å². The number of benzene rings is 3. The fourth-order valence-electron chi connectivity index (χ4n) is 4.00. The SMILES string of the molecule is O=C(c1ccccc1)N1CCN(c2ccc([N+](=O)[O-])c(CCc3ccccc3)c2)CC1. The van der Waals surface area contributed by atoms with E-state index >= 15 is 0 Å². The molecule has 0 aromatic heterocycles. The van der Waals surface area contributed by atoms with Gasteiger partial charge in [-0.1, -0.05) is 48.5 Å². The van der Waals surface area contributed by atoms with Crippen LogP contribution in [0.4, 0.5) is 11.4 Å². The Labute approximate surface area is 181 Å². The first-order valence-electron chi connectivity index (χ1n) is 10.5. The van der Waals surface area contributed by atoms with Crippen LogP contribution in [-0.2, 0) is 12.8 Å². The summed E-state index contributed by atoms with van der Waals surface area (Å²) in [6.45, 7) is 2.66. The standard InChI is InChI=1S/C25H25N3O3/c29-25(21-9-5-2-6-10-21)27-17-15-26(16-18-27)23-13-14-24(28(30)31)22(19-23)12-11-20-7-3-1-4-8-20/h1-10,13-14,19H,11-12,15-18H2. The van der Waals surface area contributed by atoms with E-state index < -0.39 is 0 Å². The molecule has 6 nitrogen and oxygen atoms in total. The minimum absolute atomic E-state index is 0.0486. The van der Waals surface area contributed by atoms with Crippen molar-refractivity contribution in [1.29, 1.82) is 0 Å². The molecule has 3 aromatic rings. The molecule has 1 heterocycles. The van der Waals surface area contributed by atoms with Gasteiger partial charge in [-0.05, 0) is 42.7 Å². The highest BCUT2D eigenvalue weighted by Gasteiger charge is 2.23. The van der Waals surface area contributed by atoms with E-state index in [1.54, 1.807) is 6.07 Å². The summed E-state index contributed by atoms with van der Waals surface area (Å²) < 4.78 is 0. The Bertz CT molecular complexity index is 1050. The van der Waals surface area contributed by atoms with Crippen molar-refractivity contribution in [2.24, 2.45) is 0 Å². The Kier molecular flexibility index (Phi) is 6.26. The van der Waals surface area contributed by atoms with Crippen molar-refractivity contribution >= 4 is 17.3 Å². The molecule has 0 spiro atoms. The summed E-state index contributed by atoms with van der Waals surface area (Å²) >= 11 is 0. The molecule has 1 saturated heterocycles. The number of anilines is 1. The molecular weight excluding hydrogens is 390 g/mol. The third kappa shape index (κ3) is 4.91. The second-order valence-corrected chi connectivity index (χ2v) is 7.70. The molecule has 0 bridgehead atoms. The zero-order chi connectivity index (χ0) is 21.6. The summed E-state index contributed by atoms with van der Waals surface area (Å²) in [5.74, 6) is 0.0486. The van der Waals surface area contributed by atoms with Gasteiger partial charge in [0.25, 0.3) is 11.6 Å². The van der Waals surface area contributed by atoms with Crippen molar-refractivity contribution in [1.82, 2.24) is 4.90 Å². The van der Waals surface area contributed by atoms with Crippen molar-refractivity contribution in [2.75, 3.05) is 31.1 Å². The Morgan fingerprint density at radius 3 is 2.13 bits per heavy atom. The van der Waals surface area contributed by atoms with Crippen molar-refractivity contribution in [3.63, 3.8) is 0 Å². The lowest BCUT2D eigenvalue weighted by molar-refractivity contribution is -0.385. The number of nitro groups is 1. The molecule has 4 rings (SSSR count). The number of amides is 1. The van der Waals surface area contributed by atoms with Crippen LogP contribution in [0.2, 0.25) is 0 Å². The van der Waals surface area contributed by atoms with Crippen molar-refractivity contribution in [2.45, 2.75) is 12.8 Å². The number of carbonyl (C=O) groups excluding carboxylic acids is 1. The minimum Gasteiger partial charge on any atom is -0.368 e. The first-order valence-corrected chi connectivity index (χ1v) is 10.5. The van der Waals surface area contributed by atoms with Gasteiger partial charge < -0.3 is 9.80 Å². The van der Waals surface area contributed by atoms with Gasteiger partial charge in [0.2, 0.25) is 0 Å². The van der Waals surface area contributed by atoms with Crippen molar-refractivity contribution in [3.05, 3.63) is 106 Å². The average molecular weight is 415 g/mol. The summed E-state index contributed by atoms with van der Waals surface area (Å²) in [6.07, 6.45) is 1.37. The first kappa shape index (κ1) is 20.6. The Morgan fingerprint density at radius 2 is 1.48 bits per heavy atom. The number of hydrogen-bond acceptors (Lipinski definition) is 4. The second kappa shape index (κ2) is 9.43. The van der Waals surface area contributed by atoms with Crippen LogP contribution in [0.3, 0.4) is 0 Å². The van der Waals surface area contributed by atoms with Gasteiger partial charge in [-0.3, -0.25) is 14.9 Å². The third-order valence-corrected chi connectivity index (χ3v) is 5.74. The third-order valence-electron chi connectivity index (χ3n) is 5.74. The summed E-state index contributed by atoms with van der Waals surface area (Å²) in [6, 6.07) is 24.7. The van der Waals surface area contributed by atoms with Crippen LogP contribution in [0.1, 0.15) is 21.5 Å². The van der Waals surface area contributed by atoms with Crippen LogP contribution in [0.15, 0.2) is 78.9 Å². The molecule has 1 amide bonds. The van der Waals surface area contributed by atoms with E-state index in [9.17, 15) is 14.9 Å². The van der Waals surface area contributed by atoms with Gasteiger partial charge >= 0.3 is 0 Å². The molecule has 158 valence electrons. The molecule has 1 fully saturated rings. The number of rotatable bonds is 6. The number of carbonyl (C=O) groups is 1. The van der Waals surface area contributed by atoms with E-state index in [-0.39, 0.29) is 16.5 Å². The quantitative estimate of drug-likeness (QED) is 0.444. The number of aryl methyl sites for hydroxylation is 2. The van der Waals surface area contributed by atoms with Gasteiger partial charge in [-0.2, -0.15) is 0 Å². The van der Waals surface area contributed by atoms with Crippen LogP contribution in [0.5, 0.6) is 0 Å². The van der Waals surface area contributed by atoms with E-state index in [0.29, 0.717) is 38.2 Å². The van der Waals surface area contributed by atoms with E-state index in [4.69, 9.17) is 0 Å². The fourth-order valence-corrected chi connectivity index (χ4v) is 4.00. The summed E-state index contributed by atoms with van der Waals surface area (Å²) in [7, 11) is 0. The molecule has 0 N–H and O–H groups in total. The van der Waals surface area contributed by atoms with Crippen molar-refractivity contribution < 1.29 is 9.72 Å². The van der Waals surface area contributed by atoms with Crippen LogP contribution in [-0.4, -0.2) is 41.9 Å². The van der Waals surface area contributed by atoms with Gasteiger partial charge in [0, 0.05) is 49.1 Å². The Hall–Kier alpha value is -3.67. The highest BCUT2D eigenvalue weighted by Crippen LogP contribution is 2.27. The van der Waals surface area contributed by atoms with Crippen LogP contribution < -0.4 is 4.90 Å². The fraction of sp³-hybridized carbons (Fsp3) is 0.240. The number of hydrogen-bond donors (Lipinski definition) is 0.